The zero-order chi connectivity index (χ0) is 10.3. The summed E-state index contributed by atoms with van der Waals surface area (Å²) in [6.07, 6.45) is 0. The molecule has 14 heavy (non-hydrogen) atoms. The molecule has 1 aromatic heterocycles. The number of hydrogen-bond acceptors (Lipinski definition) is 2. The van der Waals surface area contributed by atoms with E-state index in [0.717, 1.165) is 5.39 Å². The Morgan fingerprint density at radius 1 is 1.21 bits per heavy atom. The maximum Gasteiger partial charge on any atom is 0.276 e. The lowest BCUT2D eigenvalue weighted by molar-refractivity contribution is 0.607. The summed E-state index contributed by atoms with van der Waals surface area (Å²) in [6, 6.07) is 6.51. The van der Waals surface area contributed by atoms with Crippen molar-refractivity contribution < 1.29 is 8.42 Å². The molecule has 3 nitrogen and oxygen atoms in total. The standard InChI is InChI=1S/C8H5Cl2NO2S/c9-6-2-1-5-3-8(14(10,12)13)11-7(5)4-6/h1-4,11H. The van der Waals surface area contributed by atoms with Crippen LogP contribution in [0.25, 0.3) is 10.9 Å². The van der Waals surface area contributed by atoms with Crippen molar-refractivity contribution in [1.82, 2.24) is 4.98 Å². The third-order valence-electron chi connectivity index (χ3n) is 1.82. The summed E-state index contributed by atoms with van der Waals surface area (Å²) in [4.78, 5) is 2.67. The van der Waals surface area contributed by atoms with Crippen LogP contribution in [-0.2, 0) is 9.05 Å². The second-order valence-corrected chi connectivity index (χ2v) is 5.77. The van der Waals surface area contributed by atoms with Crippen molar-refractivity contribution in [3.8, 4) is 0 Å². The molecule has 0 radical (unpaired) electrons. The minimum atomic E-state index is -3.70. The van der Waals surface area contributed by atoms with Crippen molar-refractivity contribution in [1.29, 1.82) is 0 Å². The van der Waals surface area contributed by atoms with E-state index in [0.29, 0.717) is 10.5 Å². The highest BCUT2D eigenvalue weighted by atomic mass is 35.7. The lowest BCUT2D eigenvalue weighted by Gasteiger charge is -1.89. The summed E-state index contributed by atoms with van der Waals surface area (Å²) in [5.74, 6) is 0. The maximum atomic E-state index is 11.0. The van der Waals surface area contributed by atoms with Crippen LogP contribution < -0.4 is 0 Å². The third-order valence-corrected chi connectivity index (χ3v) is 3.30. The molecule has 0 atom stereocenters. The molecule has 1 aromatic carbocycles. The van der Waals surface area contributed by atoms with Gasteiger partial charge in [-0.25, -0.2) is 8.42 Å². The van der Waals surface area contributed by atoms with Gasteiger partial charge in [0.15, 0.2) is 0 Å². The van der Waals surface area contributed by atoms with Crippen molar-refractivity contribution in [3.05, 3.63) is 29.3 Å². The van der Waals surface area contributed by atoms with Crippen molar-refractivity contribution in [3.63, 3.8) is 0 Å². The molecule has 0 aliphatic heterocycles. The number of halogens is 2. The second-order valence-electron chi connectivity index (χ2n) is 2.80. The fraction of sp³-hybridized carbons (Fsp3) is 0. The highest BCUT2D eigenvalue weighted by Gasteiger charge is 2.12. The summed E-state index contributed by atoms with van der Waals surface area (Å²) in [7, 11) is 1.47. The molecule has 1 heterocycles. The van der Waals surface area contributed by atoms with E-state index in [9.17, 15) is 8.42 Å². The summed E-state index contributed by atoms with van der Waals surface area (Å²) in [5.41, 5.74) is 0.650. The van der Waals surface area contributed by atoms with Crippen molar-refractivity contribution in [2.75, 3.05) is 0 Å². The van der Waals surface area contributed by atoms with Gasteiger partial charge in [-0.3, -0.25) is 0 Å². The van der Waals surface area contributed by atoms with Gasteiger partial charge in [-0.1, -0.05) is 17.7 Å². The Morgan fingerprint density at radius 3 is 2.57 bits per heavy atom. The minimum Gasteiger partial charge on any atom is -0.345 e. The van der Waals surface area contributed by atoms with E-state index >= 15 is 0 Å². The number of aromatic nitrogens is 1. The lowest BCUT2D eigenvalue weighted by Crippen LogP contribution is -1.88. The van der Waals surface area contributed by atoms with Gasteiger partial charge in [-0.05, 0) is 18.2 Å². The van der Waals surface area contributed by atoms with Crippen LogP contribution in [0.3, 0.4) is 0 Å². The molecular formula is C8H5Cl2NO2S. The minimum absolute atomic E-state index is 0.0172. The van der Waals surface area contributed by atoms with Gasteiger partial charge in [0.1, 0.15) is 5.03 Å². The average molecular weight is 250 g/mol. The number of H-pyrrole nitrogens is 1. The zero-order valence-electron chi connectivity index (χ0n) is 6.79. The van der Waals surface area contributed by atoms with Gasteiger partial charge in [0.25, 0.3) is 9.05 Å². The van der Waals surface area contributed by atoms with Crippen LogP contribution >= 0.6 is 22.3 Å². The molecule has 0 fully saturated rings. The fourth-order valence-electron chi connectivity index (χ4n) is 1.20. The van der Waals surface area contributed by atoms with Crippen molar-refractivity contribution >= 4 is 42.2 Å². The highest BCUT2D eigenvalue weighted by molar-refractivity contribution is 8.13. The first-order valence-corrected chi connectivity index (χ1v) is 6.38. The molecule has 74 valence electrons. The predicted octanol–water partition coefficient (Wildman–Crippen LogP) is 2.75. The van der Waals surface area contributed by atoms with Crippen LogP contribution in [0.5, 0.6) is 0 Å². The molecule has 0 aliphatic rings. The van der Waals surface area contributed by atoms with Gasteiger partial charge < -0.3 is 4.98 Å². The Hall–Kier alpha value is -0.710. The number of rotatable bonds is 1. The van der Waals surface area contributed by atoms with E-state index in [4.69, 9.17) is 22.3 Å². The molecular weight excluding hydrogens is 245 g/mol. The van der Waals surface area contributed by atoms with Crippen LogP contribution in [0.4, 0.5) is 0 Å². The molecule has 2 rings (SSSR count). The summed E-state index contributed by atoms with van der Waals surface area (Å²) >= 11 is 5.74. The predicted molar refractivity (Wildman–Crippen MR) is 56.3 cm³/mol. The Bertz CT molecular complexity index is 588. The highest BCUT2D eigenvalue weighted by Crippen LogP contribution is 2.23. The topological polar surface area (TPSA) is 49.9 Å². The molecule has 0 aliphatic carbocycles. The van der Waals surface area contributed by atoms with Crippen molar-refractivity contribution in [2.45, 2.75) is 5.03 Å². The van der Waals surface area contributed by atoms with E-state index < -0.39 is 9.05 Å². The van der Waals surface area contributed by atoms with Crippen molar-refractivity contribution in [2.24, 2.45) is 0 Å². The fourth-order valence-corrected chi connectivity index (χ4v) is 2.13. The second kappa shape index (κ2) is 3.15. The molecule has 0 saturated heterocycles. The number of hydrogen-bond donors (Lipinski definition) is 1. The zero-order valence-corrected chi connectivity index (χ0v) is 9.12. The van der Waals surface area contributed by atoms with Crippen LogP contribution in [0.15, 0.2) is 29.3 Å². The van der Waals surface area contributed by atoms with Crippen LogP contribution in [0, 0.1) is 0 Å². The van der Waals surface area contributed by atoms with E-state index in [1.54, 1.807) is 18.2 Å². The van der Waals surface area contributed by atoms with E-state index in [2.05, 4.69) is 4.98 Å². The van der Waals surface area contributed by atoms with Crippen LogP contribution in [0.1, 0.15) is 0 Å². The van der Waals surface area contributed by atoms with Crippen LogP contribution in [0.2, 0.25) is 5.02 Å². The summed E-state index contributed by atoms with van der Waals surface area (Å²) in [6.45, 7) is 0. The Morgan fingerprint density at radius 2 is 1.93 bits per heavy atom. The number of fused-ring (bicyclic) bond motifs is 1. The first-order valence-electron chi connectivity index (χ1n) is 3.70. The molecule has 2 aromatic rings. The Labute approximate surface area is 90.1 Å². The number of benzene rings is 1. The Kier molecular flexibility index (Phi) is 2.21. The quantitative estimate of drug-likeness (QED) is 0.791. The number of nitrogens with one attached hydrogen (secondary N) is 1. The van der Waals surface area contributed by atoms with E-state index in [1.807, 2.05) is 0 Å². The Balaban J connectivity index is 2.75. The molecule has 0 saturated carbocycles. The maximum absolute atomic E-state index is 11.0. The molecule has 0 amide bonds. The van der Waals surface area contributed by atoms with Gasteiger partial charge in [0, 0.05) is 26.6 Å². The monoisotopic (exact) mass is 249 g/mol. The molecule has 1 N–H and O–H groups in total. The van der Waals surface area contributed by atoms with E-state index in [-0.39, 0.29) is 5.03 Å². The normalized spacial score (nSPS) is 12.1. The summed E-state index contributed by atoms with van der Waals surface area (Å²) in [5, 5.41) is 1.28. The average Bonchev–Trinajstić information content (AvgIpc) is 2.45. The SMILES string of the molecule is O=S(=O)(Cl)c1cc2ccc(Cl)cc2[nH]1. The smallest absolute Gasteiger partial charge is 0.276 e. The van der Waals surface area contributed by atoms with Gasteiger partial charge >= 0.3 is 0 Å². The van der Waals surface area contributed by atoms with E-state index in [1.165, 1.54) is 6.07 Å². The van der Waals surface area contributed by atoms with Gasteiger partial charge in [0.2, 0.25) is 0 Å². The number of aromatic amines is 1. The molecule has 6 heteroatoms. The third kappa shape index (κ3) is 1.73. The summed E-state index contributed by atoms with van der Waals surface area (Å²) < 4.78 is 22.0. The molecule has 0 spiro atoms. The van der Waals surface area contributed by atoms with Crippen LogP contribution in [-0.4, -0.2) is 13.4 Å². The van der Waals surface area contributed by atoms with Gasteiger partial charge in [0.05, 0.1) is 0 Å². The lowest BCUT2D eigenvalue weighted by atomic mass is 10.2. The van der Waals surface area contributed by atoms with Gasteiger partial charge in [-0.2, -0.15) is 0 Å². The first kappa shape index (κ1) is 9.83. The first-order chi connectivity index (χ1) is 6.47. The molecule has 0 unspecified atom stereocenters. The largest absolute Gasteiger partial charge is 0.345 e. The van der Waals surface area contributed by atoms with Gasteiger partial charge in [-0.15, -0.1) is 0 Å². The molecule has 0 bridgehead atoms.